The molecule has 7 heteroatoms. The summed E-state index contributed by atoms with van der Waals surface area (Å²) in [6.45, 7) is 6.33. The molecule has 2 aromatic carbocycles. The Hall–Kier alpha value is -2.38. The van der Waals surface area contributed by atoms with Gasteiger partial charge in [-0.05, 0) is 48.4 Å². The fourth-order valence-corrected chi connectivity index (χ4v) is 4.39. The van der Waals surface area contributed by atoms with Gasteiger partial charge in [0.05, 0.1) is 19.9 Å². The number of rotatable bonds is 8. The summed E-state index contributed by atoms with van der Waals surface area (Å²) in [5.41, 5.74) is 2.05. The quantitative estimate of drug-likeness (QED) is 0.643. The molecule has 0 atom stereocenters. The standard InChI is InChI=1S/C20H26N2O4S/c1-6-22(7-2)27(23,24)20-12-15(3)8-10-17(20)21-14-16-9-11-18(25-4)19(13-16)26-5/h8-14H,6-7H2,1-5H3. The second-order valence-electron chi connectivity index (χ2n) is 5.93. The van der Waals surface area contributed by atoms with E-state index in [1.807, 2.05) is 32.9 Å². The van der Waals surface area contributed by atoms with Gasteiger partial charge in [0, 0.05) is 19.3 Å². The second kappa shape index (κ2) is 9.01. The number of hydrogen-bond acceptors (Lipinski definition) is 5. The lowest BCUT2D eigenvalue weighted by atomic mass is 10.2. The second-order valence-corrected chi connectivity index (χ2v) is 7.84. The van der Waals surface area contributed by atoms with E-state index < -0.39 is 10.0 Å². The summed E-state index contributed by atoms with van der Waals surface area (Å²) < 4.78 is 37.9. The number of benzene rings is 2. The highest BCUT2D eigenvalue weighted by atomic mass is 32.2. The minimum Gasteiger partial charge on any atom is -0.493 e. The molecule has 0 N–H and O–H groups in total. The first-order valence-electron chi connectivity index (χ1n) is 8.74. The fraction of sp³-hybridized carbons (Fsp3) is 0.350. The van der Waals surface area contributed by atoms with Crippen molar-refractivity contribution in [1.82, 2.24) is 4.31 Å². The average molecular weight is 391 g/mol. The van der Waals surface area contributed by atoms with Crippen LogP contribution in [0.4, 0.5) is 5.69 Å². The summed E-state index contributed by atoms with van der Waals surface area (Å²) in [7, 11) is -0.473. The lowest BCUT2D eigenvalue weighted by Crippen LogP contribution is -2.30. The zero-order valence-electron chi connectivity index (χ0n) is 16.4. The number of sulfonamides is 1. The number of ether oxygens (including phenoxy) is 2. The van der Waals surface area contributed by atoms with Gasteiger partial charge in [-0.2, -0.15) is 4.31 Å². The van der Waals surface area contributed by atoms with E-state index in [9.17, 15) is 8.42 Å². The number of hydrogen-bond donors (Lipinski definition) is 0. The van der Waals surface area contributed by atoms with Crippen LogP contribution in [-0.4, -0.2) is 46.2 Å². The molecule has 0 saturated heterocycles. The Bertz CT molecular complexity index is 920. The van der Waals surface area contributed by atoms with E-state index >= 15 is 0 Å². The molecule has 0 aromatic heterocycles. The summed E-state index contributed by atoms with van der Waals surface area (Å²) in [5.74, 6) is 1.20. The van der Waals surface area contributed by atoms with Crippen molar-refractivity contribution in [1.29, 1.82) is 0 Å². The zero-order valence-corrected chi connectivity index (χ0v) is 17.2. The van der Waals surface area contributed by atoms with Crippen LogP contribution in [0, 0.1) is 6.92 Å². The molecule has 0 aliphatic rings. The third-order valence-corrected chi connectivity index (χ3v) is 6.28. The maximum atomic E-state index is 13.0. The summed E-state index contributed by atoms with van der Waals surface area (Å²) in [6.07, 6.45) is 1.62. The molecule has 27 heavy (non-hydrogen) atoms. The Morgan fingerprint density at radius 1 is 1.00 bits per heavy atom. The van der Waals surface area contributed by atoms with E-state index in [2.05, 4.69) is 4.99 Å². The SMILES string of the molecule is CCN(CC)S(=O)(=O)c1cc(C)ccc1N=Cc1ccc(OC)c(OC)c1. The summed E-state index contributed by atoms with van der Waals surface area (Å²) in [6, 6.07) is 10.6. The molecule has 2 aromatic rings. The third kappa shape index (κ3) is 4.67. The van der Waals surface area contributed by atoms with Crippen LogP contribution in [0.2, 0.25) is 0 Å². The number of nitrogens with zero attached hydrogens (tertiary/aromatic N) is 2. The minimum atomic E-state index is -3.61. The van der Waals surface area contributed by atoms with Crippen molar-refractivity contribution < 1.29 is 17.9 Å². The molecular weight excluding hydrogens is 364 g/mol. The first-order valence-corrected chi connectivity index (χ1v) is 10.2. The van der Waals surface area contributed by atoms with Crippen LogP contribution in [0.1, 0.15) is 25.0 Å². The van der Waals surface area contributed by atoms with Gasteiger partial charge in [-0.25, -0.2) is 8.42 Å². The molecule has 0 aliphatic heterocycles. The first-order chi connectivity index (χ1) is 12.9. The predicted molar refractivity (Wildman–Crippen MR) is 108 cm³/mol. The van der Waals surface area contributed by atoms with Gasteiger partial charge in [-0.3, -0.25) is 4.99 Å². The van der Waals surface area contributed by atoms with E-state index in [0.717, 1.165) is 11.1 Å². The normalized spacial score (nSPS) is 11.9. The maximum absolute atomic E-state index is 13.0. The monoisotopic (exact) mass is 390 g/mol. The molecule has 0 aliphatic carbocycles. The van der Waals surface area contributed by atoms with Gasteiger partial charge in [0.1, 0.15) is 4.90 Å². The van der Waals surface area contributed by atoms with Crippen LogP contribution < -0.4 is 9.47 Å². The van der Waals surface area contributed by atoms with Gasteiger partial charge in [0.25, 0.3) is 0 Å². The molecule has 2 rings (SSSR count). The van der Waals surface area contributed by atoms with Crippen molar-refractivity contribution in [3.8, 4) is 11.5 Å². The fourth-order valence-electron chi connectivity index (χ4n) is 2.71. The van der Waals surface area contributed by atoms with Gasteiger partial charge >= 0.3 is 0 Å². The molecule has 6 nitrogen and oxygen atoms in total. The van der Waals surface area contributed by atoms with Gasteiger partial charge in [0.15, 0.2) is 11.5 Å². The third-order valence-electron chi connectivity index (χ3n) is 4.20. The Balaban J connectivity index is 2.47. The average Bonchev–Trinajstić information content (AvgIpc) is 2.67. The van der Waals surface area contributed by atoms with Gasteiger partial charge < -0.3 is 9.47 Å². The maximum Gasteiger partial charge on any atom is 0.245 e. The van der Waals surface area contributed by atoms with Crippen LogP contribution in [0.3, 0.4) is 0 Å². The molecule has 146 valence electrons. The summed E-state index contributed by atoms with van der Waals surface area (Å²) in [4.78, 5) is 4.65. The molecule has 0 fully saturated rings. The van der Waals surface area contributed by atoms with Crippen molar-refractivity contribution in [2.45, 2.75) is 25.7 Å². The van der Waals surface area contributed by atoms with Crippen LogP contribution in [0.25, 0.3) is 0 Å². The Labute approximate surface area is 161 Å². The van der Waals surface area contributed by atoms with Gasteiger partial charge in [-0.15, -0.1) is 0 Å². The Kier molecular flexibility index (Phi) is 6.98. The van der Waals surface area contributed by atoms with Crippen molar-refractivity contribution in [2.24, 2.45) is 4.99 Å². The largest absolute Gasteiger partial charge is 0.493 e. The van der Waals surface area contributed by atoms with E-state index in [-0.39, 0.29) is 4.90 Å². The first kappa shape index (κ1) is 20.9. The predicted octanol–water partition coefficient (Wildman–Crippen LogP) is 3.79. The molecular formula is C20H26N2O4S. The highest BCUT2D eigenvalue weighted by molar-refractivity contribution is 7.89. The van der Waals surface area contributed by atoms with E-state index in [1.165, 1.54) is 4.31 Å². The Morgan fingerprint density at radius 3 is 2.26 bits per heavy atom. The molecule has 0 saturated carbocycles. The lowest BCUT2D eigenvalue weighted by molar-refractivity contribution is 0.355. The summed E-state index contributed by atoms with van der Waals surface area (Å²) >= 11 is 0. The van der Waals surface area contributed by atoms with Crippen LogP contribution >= 0.6 is 0 Å². The zero-order chi connectivity index (χ0) is 20.0. The van der Waals surface area contributed by atoms with E-state index in [4.69, 9.17) is 9.47 Å². The van der Waals surface area contributed by atoms with E-state index in [0.29, 0.717) is 30.3 Å². The summed E-state index contributed by atoms with van der Waals surface area (Å²) in [5, 5.41) is 0. The molecule has 0 bridgehead atoms. The van der Waals surface area contributed by atoms with Crippen molar-refractivity contribution >= 4 is 21.9 Å². The van der Waals surface area contributed by atoms with Gasteiger partial charge in [-0.1, -0.05) is 19.9 Å². The lowest BCUT2D eigenvalue weighted by Gasteiger charge is -2.19. The molecule has 0 spiro atoms. The van der Waals surface area contributed by atoms with Crippen molar-refractivity contribution in [3.05, 3.63) is 47.5 Å². The topological polar surface area (TPSA) is 68.2 Å². The minimum absolute atomic E-state index is 0.211. The van der Waals surface area contributed by atoms with E-state index in [1.54, 1.807) is 44.7 Å². The number of aliphatic imine (C=N–C) groups is 1. The smallest absolute Gasteiger partial charge is 0.245 e. The number of aryl methyl sites for hydroxylation is 1. The number of methoxy groups -OCH3 is 2. The van der Waals surface area contributed by atoms with Crippen LogP contribution in [-0.2, 0) is 10.0 Å². The molecule has 0 amide bonds. The van der Waals surface area contributed by atoms with Crippen LogP contribution in [0.15, 0.2) is 46.3 Å². The highest BCUT2D eigenvalue weighted by Crippen LogP contribution is 2.30. The Morgan fingerprint density at radius 2 is 1.67 bits per heavy atom. The highest BCUT2D eigenvalue weighted by Gasteiger charge is 2.24. The van der Waals surface area contributed by atoms with Crippen LogP contribution in [0.5, 0.6) is 11.5 Å². The van der Waals surface area contributed by atoms with Crippen molar-refractivity contribution in [2.75, 3.05) is 27.3 Å². The van der Waals surface area contributed by atoms with Crippen molar-refractivity contribution in [3.63, 3.8) is 0 Å². The molecule has 0 radical (unpaired) electrons. The molecule has 0 unspecified atom stereocenters. The molecule has 0 heterocycles. The van der Waals surface area contributed by atoms with Gasteiger partial charge in [0.2, 0.25) is 10.0 Å².